The Hall–Kier alpha value is -6.70. The Morgan fingerprint density at radius 1 is 0.255 bits per heavy atom. The topological polar surface area (TPSA) is 13.1 Å². The standard InChI is InChI=1S/C50H28O/c1-2-12-44-43(10-1)50-40(11-5-13-45(50)51-44)37-27-35(38-22-18-33-16-14-29-6-3-8-31-20-24-41(38)48(33)46(29)31)26-36(28-37)39-23-19-34-17-15-30-7-4-9-32-21-25-42(39)49(34)47(30)32/h1-28H. The van der Waals surface area contributed by atoms with Crippen molar-refractivity contribution in [3.8, 4) is 33.4 Å². The Labute approximate surface area is 293 Å². The molecule has 0 fully saturated rings. The van der Waals surface area contributed by atoms with E-state index in [0.29, 0.717) is 0 Å². The van der Waals surface area contributed by atoms with Crippen molar-refractivity contribution in [2.24, 2.45) is 0 Å². The first kappa shape index (κ1) is 27.2. The van der Waals surface area contributed by atoms with E-state index in [1.807, 2.05) is 6.07 Å². The average molecular weight is 645 g/mol. The Kier molecular flexibility index (Phi) is 5.29. The predicted octanol–water partition coefficient (Wildman–Crippen LogP) is 14.4. The van der Waals surface area contributed by atoms with E-state index in [0.717, 1.165) is 21.9 Å². The molecule has 0 radical (unpaired) electrons. The van der Waals surface area contributed by atoms with E-state index in [-0.39, 0.29) is 0 Å². The molecule has 0 N–H and O–H groups in total. The molecule has 12 aromatic rings. The Morgan fingerprint density at radius 3 is 1.25 bits per heavy atom. The number of fused-ring (bicyclic) bond motifs is 3. The van der Waals surface area contributed by atoms with Crippen LogP contribution >= 0.6 is 0 Å². The summed E-state index contributed by atoms with van der Waals surface area (Å²) < 4.78 is 6.39. The molecule has 12 rings (SSSR count). The largest absolute Gasteiger partial charge is 0.456 e. The molecule has 0 aliphatic rings. The first-order chi connectivity index (χ1) is 25.3. The molecule has 1 aromatic heterocycles. The third-order valence-electron chi connectivity index (χ3n) is 11.3. The summed E-state index contributed by atoms with van der Waals surface area (Å²) in [6, 6.07) is 62.8. The van der Waals surface area contributed by atoms with Gasteiger partial charge in [-0.05, 0) is 128 Å². The second kappa shape index (κ2) is 9.94. The fourth-order valence-electron chi connectivity index (χ4n) is 9.08. The third-order valence-corrected chi connectivity index (χ3v) is 11.3. The SMILES string of the molecule is c1cc2ccc3ccc(-c4cc(-c5ccc6ccc7cccc8ccc5c6c78)cc(-c5cccc6oc7ccccc7c56)c4)c4ccc(c1)c2c34. The number of para-hydroxylation sites is 1. The second-order valence-electron chi connectivity index (χ2n) is 14.0. The molecular weight excluding hydrogens is 617 g/mol. The molecular formula is C50H28O. The van der Waals surface area contributed by atoms with E-state index in [1.165, 1.54) is 98.0 Å². The van der Waals surface area contributed by atoms with Gasteiger partial charge in [-0.3, -0.25) is 0 Å². The van der Waals surface area contributed by atoms with Crippen molar-refractivity contribution < 1.29 is 4.42 Å². The van der Waals surface area contributed by atoms with Crippen LogP contribution in [-0.4, -0.2) is 0 Å². The fraction of sp³-hybridized carbons (Fsp3) is 0. The quantitative estimate of drug-likeness (QED) is 0.174. The highest BCUT2D eigenvalue weighted by Gasteiger charge is 2.19. The molecule has 0 amide bonds. The normalized spacial score (nSPS) is 12.3. The second-order valence-corrected chi connectivity index (χ2v) is 14.0. The first-order valence-corrected chi connectivity index (χ1v) is 17.7. The van der Waals surface area contributed by atoms with Crippen molar-refractivity contribution in [3.63, 3.8) is 0 Å². The predicted molar refractivity (Wildman–Crippen MR) is 217 cm³/mol. The Morgan fingerprint density at radius 2 is 0.686 bits per heavy atom. The molecule has 0 bridgehead atoms. The van der Waals surface area contributed by atoms with E-state index in [4.69, 9.17) is 4.42 Å². The number of benzene rings is 11. The molecule has 1 nitrogen and oxygen atoms in total. The smallest absolute Gasteiger partial charge is 0.136 e. The zero-order valence-electron chi connectivity index (χ0n) is 27.6. The summed E-state index contributed by atoms with van der Waals surface area (Å²) in [6.45, 7) is 0. The van der Waals surface area contributed by atoms with Gasteiger partial charge in [-0.25, -0.2) is 0 Å². The summed E-state index contributed by atoms with van der Waals surface area (Å²) in [6.07, 6.45) is 0. The minimum absolute atomic E-state index is 0.908. The zero-order valence-corrected chi connectivity index (χ0v) is 27.6. The lowest BCUT2D eigenvalue weighted by atomic mass is 9.85. The number of furan rings is 1. The summed E-state index contributed by atoms with van der Waals surface area (Å²) in [4.78, 5) is 0. The van der Waals surface area contributed by atoms with Crippen LogP contribution in [0.4, 0.5) is 0 Å². The summed E-state index contributed by atoms with van der Waals surface area (Å²) >= 11 is 0. The highest BCUT2D eigenvalue weighted by Crippen LogP contribution is 2.45. The van der Waals surface area contributed by atoms with Crippen molar-refractivity contribution in [3.05, 3.63) is 170 Å². The van der Waals surface area contributed by atoms with Gasteiger partial charge >= 0.3 is 0 Å². The number of rotatable bonds is 3. The lowest BCUT2D eigenvalue weighted by Crippen LogP contribution is -1.91. The molecule has 11 aromatic carbocycles. The van der Waals surface area contributed by atoms with Crippen LogP contribution < -0.4 is 0 Å². The van der Waals surface area contributed by atoms with Gasteiger partial charge in [-0.1, -0.05) is 140 Å². The summed E-state index contributed by atoms with van der Waals surface area (Å²) in [5, 5.41) is 17.9. The lowest BCUT2D eigenvalue weighted by molar-refractivity contribution is 0.669. The fourth-order valence-corrected chi connectivity index (χ4v) is 9.08. The highest BCUT2D eigenvalue weighted by molar-refractivity contribution is 6.27. The molecule has 1 heteroatoms. The first-order valence-electron chi connectivity index (χ1n) is 17.7. The number of hydrogen-bond donors (Lipinski definition) is 0. The molecule has 0 spiro atoms. The zero-order chi connectivity index (χ0) is 33.2. The van der Waals surface area contributed by atoms with Crippen LogP contribution in [0.2, 0.25) is 0 Å². The van der Waals surface area contributed by atoms with E-state index in [1.54, 1.807) is 0 Å². The maximum atomic E-state index is 6.39. The van der Waals surface area contributed by atoms with Crippen LogP contribution in [0.1, 0.15) is 0 Å². The number of hydrogen-bond acceptors (Lipinski definition) is 1. The van der Waals surface area contributed by atoms with Gasteiger partial charge in [-0.2, -0.15) is 0 Å². The molecule has 0 aliphatic carbocycles. The summed E-state index contributed by atoms with van der Waals surface area (Å²) in [5.74, 6) is 0. The summed E-state index contributed by atoms with van der Waals surface area (Å²) in [5.41, 5.74) is 9.07. The highest BCUT2D eigenvalue weighted by atomic mass is 16.3. The third kappa shape index (κ3) is 3.75. The van der Waals surface area contributed by atoms with Gasteiger partial charge in [0, 0.05) is 10.8 Å². The Bertz CT molecular complexity index is 3160. The van der Waals surface area contributed by atoms with Gasteiger partial charge in [0.05, 0.1) is 0 Å². The van der Waals surface area contributed by atoms with Gasteiger partial charge in [0.25, 0.3) is 0 Å². The Balaban J connectivity index is 1.20. The van der Waals surface area contributed by atoms with Gasteiger partial charge < -0.3 is 4.42 Å². The molecule has 0 aliphatic heterocycles. The van der Waals surface area contributed by atoms with Crippen molar-refractivity contribution in [2.45, 2.75) is 0 Å². The van der Waals surface area contributed by atoms with Gasteiger partial charge in [0.1, 0.15) is 11.2 Å². The summed E-state index contributed by atoms with van der Waals surface area (Å²) in [7, 11) is 0. The molecule has 0 saturated carbocycles. The molecule has 0 saturated heterocycles. The molecule has 1 heterocycles. The molecule has 0 atom stereocenters. The average Bonchev–Trinajstić information content (AvgIpc) is 3.58. The van der Waals surface area contributed by atoms with Crippen LogP contribution in [0.25, 0.3) is 120 Å². The van der Waals surface area contributed by atoms with Crippen LogP contribution in [-0.2, 0) is 0 Å². The van der Waals surface area contributed by atoms with Crippen LogP contribution in [0.3, 0.4) is 0 Å². The maximum Gasteiger partial charge on any atom is 0.136 e. The van der Waals surface area contributed by atoms with Crippen molar-refractivity contribution in [2.75, 3.05) is 0 Å². The monoisotopic (exact) mass is 644 g/mol. The van der Waals surface area contributed by atoms with Crippen molar-refractivity contribution in [1.29, 1.82) is 0 Å². The van der Waals surface area contributed by atoms with Crippen molar-refractivity contribution in [1.82, 2.24) is 0 Å². The molecule has 51 heavy (non-hydrogen) atoms. The van der Waals surface area contributed by atoms with Gasteiger partial charge in [0.15, 0.2) is 0 Å². The van der Waals surface area contributed by atoms with Gasteiger partial charge in [-0.15, -0.1) is 0 Å². The van der Waals surface area contributed by atoms with Crippen LogP contribution in [0.15, 0.2) is 174 Å². The van der Waals surface area contributed by atoms with Crippen LogP contribution in [0.5, 0.6) is 0 Å². The molecule has 0 unspecified atom stereocenters. The van der Waals surface area contributed by atoms with Gasteiger partial charge in [0.2, 0.25) is 0 Å². The minimum Gasteiger partial charge on any atom is -0.456 e. The lowest BCUT2D eigenvalue weighted by Gasteiger charge is -2.18. The van der Waals surface area contributed by atoms with E-state index >= 15 is 0 Å². The minimum atomic E-state index is 0.908. The van der Waals surface area contributed by atoms with E-state index < -0.39 is 0 Å². The maximum absolute atomic E-state index is 6.39. The van der Waals surface area contributed by atoms with Crippen LogP contribution in [0, 0.1) is 0 Å². The van der Waals surface area contributed by atoms with Crippen molar-refractivity contribution >= 4 is 86.6 Å². The molecule has 234 valence electrons. The van der Waals surface area contributed by atoms with E-state index in [9.17, 15) is 0 Å². The van der Waals surface area contributed by atoms with E-state index in [2.05, 4.69) is 164 Å².